The summed E-state index contributed by atoms with van der Waals surface area (Å²) in [6, 6.07) is 14.3. The molecule has 0 saturated heterocycles. The molecule has 9 heteroatoms. The lowest BCUT2D eigenvalue weighted by molar-refractivity contribution is -0.274. The third kappa shape index (κ3) is 6.32. The first kappa shape index (κ1) is 25.6. The van der Waals surface area contributed by atoms with E-state index in [1.165, 1.54) is 24.3 Å². The molecule has 3 rings (SSSR count). The zero-order valence-corrected chi connectivity index (χ0v) is 19.1. The number of carboxylic acids is 1. The maximum atomic E-state index is 13.2. The number of carboxylic acid groups (broad SMARTS) is 1. The lowest BCUT2D eigenvalue weighted by atomic mass is 9.84. The number of carbonyl (C=O) groups excluding carboxylic acids is 1. The van der Waals surface area contributed by atoms with Gasteiger partial charge in [0.15, 0.2) is 0 Å². The van der Waals surface area contributed by atoms with E-state index in [-0.39, 0.29) is 23.7 Å². The van der Waals surface area contributed by atoms with Gasteiger partial charge in [-0.25, -0.2) is 4.79 Å². The second kappa shape index (κ2) is 10.1. The van der Waals surface area contributed by atoms with Crippen molar-refractivity contribution in [1.82, 2.24) is 5.32 Å². The second-order valence-corrected chi connectivity index (χ2v) is 8.41. The Balaban J connectivity index is 1.91. The van der Waals surface area contributed by atoms with E-state index in [1.54, 1.807) is 32.0 Å². The number of aliphatic carboxylic acids is 1. The Hall–Kier alpha value is -4.01. The maximum Gasteiger partial charge on any atom is 0.573 e. The SMILES string of the molecule is C=CC(C)(C)C(NC(=O)c1ccc2ccccc2c1OCc1ccc(OC(F)(F)F)cc1)C(=O)O. The van der Waals surface area contributed by atoms with Crippen molar-refractivity contribution in [3.8, 4) is 11.5 Å². The zero-order chi connectivity index (χ0) is 25.8. The van der Waals surface area contributed by atoms with Crippen LogP contribution in [0.25, 0.3) is 10.8 Å². The van der Waals surface area contributed by atoms with Gasteiger partial charge in [0.2, 0.25) is 0 Å². The molecule has 0 fully saturated rings. The van der Waals surface area contributed by atoms with Gasteiger partial charge in [-0.2, -0.15) is 0 Å². The van der Waals surface area contributed by atoms with Crippen molar-refractivity contribution in [1.29, 1.82) is 0 Å². The molecule has 1 unspecified atom stereocenters. The number of halogens is 3. The van der Waals surface area contributed by atoms with Crippen LogP contribution in [0.1, 0.15) is 29.8 Å². The number of alkyl halides is 3. The minimum Gasteiger partial charge on any atom is -0.487 e. The summed E-state index contributed by atoms with van der Waals surface area (Å²) < 4.78 is 47.0. The summed E-state index contributed by atoms with van der Waals surface area (Å²) in [7, 11) is 0. The van der Waals surface area contributed by atoms with Crippen LogP contribution in [-0.4, -0.2) is 29.4 Å². The summed E-state index contributed by atoms with van der Waals surface area (Å²) in [6.07, 6.45) is -3.34. The van der Waals surface area contributed by atoms with Gasteiger partial charge in [-0.1, -0.05) is 62.4 Å². The first-order valence-electron chi connectivity index (χ1n) is 10.6. The molecule has 0 aliphatic rings. The third-order valence-corrected chi connectivity index (χ3v) is 5.46. The topological polar surface area (TPSA) is 84.9 Å². The molecule has 0 aromatic heterocycles. The third-order valence-electron chi connectivity index (χ3n) is 5.46. The van der Waals surface area contributed by atoms with Crippen LogP contribution in [0, 0.1) is 5.41 Å². The first-order valence-corrected chi connectivity index (χ1v) is 10.6. The van der Waals surface area contributed by atoms with E-state index in [9.17, 15) is 27.9 Å². The fourth-order valence-corrected chi connectivity index (χ4v) is 3.41. The van der Waals surface area contributed by atoms with Crippen LogP contribution < -0.4 is 14.8 Å². The lowest BCUT2D eigenvalue weighted by Crippen LogP contribution is -2.49. The summed E-state index contributed by atoms with van der Waals surface area (Å²) in [5, 5.41) is 13.6. The summed E-state index contributed by atoms with van der Waals surface area (Å²) in [5.74, 6) is -2.01. The number of hydrogen-bond acceptors (Lipinski definition) is 4. The fraction of sp³-hybridized carbons (Fsp3) is 0.231. The van der Waals surface area contributed by atoms with E-state index in [2.05, 4.69) is 16.6 Å². The van der Waals surface area contributed by atoms with E-state index >= 15 is 0 Å². The monoisotopic (exact) mass is 487 g/mol. The average Bonchev–Trinajstić information content (AvgIpc) is 2.80. The number of amides is 1. The van der Waals surface area contributed by atoms with Crippen LogP contribution >= 0.6 is 0 Å². The van der Waals surface area contributed by atoms with Gasteiger partial charge in [0, 0.05) is 10.8 Å². The molecule has 2 N–H and O–H groups in total. The molecule has 0 aliphatic heterocycles. The highest BCUT2D eigenvalue weighted by molar-refractivity contribution is 6.05. The van der Waals surface area contributed by atoms with Crippen molar-refractivity contribution in [2.45, 2.75) is 32.9 Å². The van der Waals surface area contributed by atoms with Crippen molar-refractivity contribution in [3.05, 3.63) is 84.4 Å². The maximum absolute atomic E-state index is 13.2. The standard InChI is InChI=1S/C26H24F3NO5/c1-4-25(2,3)22(24(32)33)30-23(31)20-14-11-17-7-5-6-8-19(17)21(20)34-15-16-9-12-18(13-10-16)35-26(27,28)29/h4-14,22H,1,15H2,2-3H3,(H,30,31)(H,32,33). The number of fused-ring (bicyclic) bond motifs is 1. The molecule has 1 atom stereocenters. The second-order valence-electron chi connectivity index (χ2n) is 8.41. The van der Waals surface area contributed by atoms with Gasteiger partial charge in [-0.3, -0.25) is 4.79 Å². The molecule has 3 aromatic carbocycles. The zero-order valence-electron chi connectivity index (χ0n) is 19.1. The molecule has 0 radical (unpaired) electrons. The summed E-state index contributed by atoms with van der Waals surface area (Å²) >= 11 is 0. The molecule has 6 nitrogen and oxygen atoms in total. The van der Waals surface area contributed by atoms with Crippen LogP contribution in [0.2, 0.25) is 0 Å². The average molecular weight is 487 g/mol. The van der Waals surface area contributed by atoms with E-state index < -0.39 is 29.7 Å². The van der Waals surface area contributed by atoms with Gasteiger partial charge in [-0.05, 0) is 29.1 Å². The Kier molecular flexibility index (Phi) is 7.38. The highest BCUT2D eigenvalue weighted by atomic mass is 19.4. The lowest BCUT2D eigenvalue weighted by Gasteiger charge is -2.29. The minimum atomic E-state index is -4.79. The number of rotatable bonds is 9. The molecule has 0 bridgehead atoms. The molecule has 3 aromatic rings. The molecule has 0 aliphatic carbocycles. The van der Waals surface area contributed by atoms with E-state index in [1.807, 2.05) is 12.1 Å². The van der Waals surface area contributed by atoms with Crippen molar-refractivity contribution in [2.75, 3.05) is 0 Å². The largest absolute Gasteiger partial charge is 0.573 e. The Morgan fingerprint density at radius 1 is 1.06 bits per heavy atom. The van der Waals surface area contributed by atoms with Crippen LogP contribution in [0.5, 0.6) is 11.5 Å². The van der Waals surface area contributed by atoms with Crippen LogP contribution in [0.4, 0.5) is 13.2 Å². The number of carbonyl (C=O) groups is 2. The summed E-state index contributed by atoms with van der Waals surface area (Å²) in [4.78, 5) is 25.0. The predicted octanol–water partition coefficient (Wildman–Crippen LogP) is 5.71. The van der Waals surface area contributed by atoms with Crippen LogP contribution in [-0.2, 0) is 11.4 Å². The van der Waals surface area contributed by atoms with Crippen LogP contribution in [0.3, 0.4) is 0 Å². The molecule has 35 heavy (non-hydrogen) atoms. The van der Waals surface area contributed by atoms with Gasteiger partial charge in [-0.15, -0.1) is 19.8 Å². The Morgan fingerprint density at radius 3 is 2.31 bits per heavy atom. The molecule has 0 saturated carbocycles. The van der Waals surface area contributed by atoms with E-state index in [0.29, 0.717) is 10.9 Å². The quantitative estimate of drug-likeness (QED) is 0.378. The Bertz CT molecular complexity index is 1240. The predicted molar refractivity (Wildman–Crippen MR) is 124 cm³/mol. The number of ether oxygens (including phenoxy) is 2. The van der Waals surface area contributed by atoms with Gasteiger partial charge < -0.3 is 19.9 Å². The van der Waals surface area contributed by atoms with E-state index in [0.717, 1.165) is 17.5 Å². The van der Waals surface area contributed by atoms with Crippen molar-refractivity contribution in [2.24, 2.45) is 5.41 Å². The molecule has 0 spiro atoms. The van der Waals surface area contributed by atoms with Gasteiger partial charge in [0.1, 0.15) is 24.1 Å². The molecular formula is C26H24F3NO5. The molecule has 1 amide bonds. The highest BCUT2D eigenvalue weighted by Gasteiger charge is 2.35. The summed E-state index contributed by atoms with van der Waals surface area (Å²) in [5.41, 5.74) is -0.276. The van der Waals surface area contributed by atoms with Crippen molar-refractivity contribution >= 4 is 22.6 Å². The Labute approximate surface area is 200 Å². The van der Waals surface area contributed by atoms with Crippen molar-refractivity contribution < 1.29 is 37.3 Å². The Morgan fingerprint density at radius 2 is 1.71 bits per heavy atom. The number of nitrogens with one attached hydrogen (secondary N) is 1. The van der Waals surface area contributed by atoms with Crippen LogP contribution in [0.15, 0.2) is 73.3 Å². The van der Waals surface area contributed by atoms with Crippen molar-refractivity contribution in [3.63, 3.8) is 0 Å². The summed E-state index contributed by atoms with van der Waals surface area (Å²) in [6.45, 7) is 6.88. The molecular weight excluding hydrogens is 463 g/mol. The molecule has 184 valence electrons. The normalized spacial score (nSPS) is 12.6. The van der Waals surface area contributed by atoms with Gasteiger partial charge in [0.05, 0.1) is 5.56 Å². The highest BCUT2D eigenvalue weighted by Crippen LogP contribution is 2.32. The fourth-order valence-electron chi connectivity index (χ4n) is 3.41. The van der Waals surface area contributed by atoms with E-state index in [4.69, 9.17) is 4.74 Å². The number of hydrogen-bond donors (Lipinski definition) is 2. The minimum absolute atomic E-state index is 0.0545. The molecule has 0 heterocycles. The number of benzene rings is 3. The first-order chi connectivity index (χ1) is 16.4. The van der Waals surface area contributed by atoms with Gasteiger partial charge in [0.25, 0.3) is 5.91 Å². The van der Waals surface area contributed by atoms with Gasteiger partial charge >= 0.3 is 12.3 Å². The smallest absolute Gasteiger partial charge is 0.487 e.